The normalized spacial score (nSPS) is 11.9. The van der Waals surface area contributed by atoms with Crippen molar-refractivity contribution in [1.29, 1.82) is 0 Å². The van der Waals surface area contributed by atoms with Crippen LogP contribution in [0.4, 0.5) is 0 Å². The SMILES string of the molecule is Cc1c(Cc2ccccc2)c(=O)oc2cc(OCC(=O)N[C@@H](Cc3c[nH]c4ccccc34)C(=O)O)ccc12. The predicted molar refractivity (Wildman–Crippen MR) is 144 cm³/mol. The van der Waals surface area contributed by atoms with E-state index in [1.807, 2.05) is 61.5 Å². The molecule has 1 atom stereocenters. The van der Waals surface area contributed by atoms with Gasteiger partial charge in [0.05, 0.1) is 0 Å². The van der Waals surface area contributed by atoms with Crippen LogP contribution in [0.5, 0.6) is 5.75 Å². The van der Waals surface area contributed by atoms with Crippen LogP contribution in [0.25, 0.3) is 21.9 Å². The van der Waals surface area contributed by atoms with Crippen molar-refractivity contribution in [2.24, 2.45) is 0 Å². The van der Waals surface area contributed by atoms with Crippen molar-refractivity contribution >= 4 is 33.7 Å². The predicted octanol–water partition coefficient (Wildman–Crippen LogP) is 4.36. The van der Waals surface area contributed by atoms with Gasteiger partial charge in [0.1, 0.15) is 17.4 Å². The van der Waals surface area contributed by atoms with Gasteiger partial charge in [-0.15, -0.1) is 0 Å². The molecule has 0 unspecified atom stereocenters. The zero-order chi connectivity index (χ0) is 26.6. The number of H-pyrrole nitrogens is 1. The summed E-state index contributed by atoms with van der Waals surface area (Å²) in [6.07, 6.45) is 2.34. The first kappa shape index (κ1) is 24.8. The van der Waals surface area contributed by atoms with E-state index in [1.54, 1.807) is 24.4 Å². The molecule has 0 aliphatic heterocycles. The Hall–Kier alpha value is -4.85. The molecule has 0 aliphatic carbocycles. The number of benzene rings is 3. The van der Waals surface area contributed by atoms with Crippen molar-refractivity contribution in [2.75, 3.05) is 6.61 Å². The summed E-state index contributed by atoms with van der Waals surface area (Å²) in [4.78, 5) is 40.2. The first-order chi connectivity index (χ1) is 18.4. The molecule has 2 aromatic heterocycles. The number of hydrogen-bond donors (Lipinski definition) is 3. The van der Waals surface area contributed by atoms with Crippen molar-refractivity contribution in [2.45, 2.75) is 25.8 Å². The number of aliphatic carboxylic acids is 1. The number of ether oxygens (including phenoxy) is 1. The molecule has 38 heavy (non-hydrogen) atoms. The van der Waals surface area contributed by atoms with Crippen LogP contribution in [0, 0.1) is 6.92 Å². The highest BCUT2D eigenvalue weighted by molar-refractivity contribution is 5.87. The number of carbonyl (C=O) groups excluding carboxylic acids is 1. The maximum absolute atomic E-state index is 12.7. The summed E-state index contributed by atoms with van der Waals surface area (Å²) in [5.74, 6) is -1.39. The van der Waals surface area contributed by atoms with Crippen molar-refractivity contribution in [3.05, 3.63) is 112 Å². The maximum atomic E-state index is 12.7. The molecule has 1 amide bonds. The van der Waals surface area contributed by atoms with Gasteiger partial charge in [0.25, 0.3) is 5.91 Å². The van der Waals surface area contributed by atoms with E-state index in [1.165, 1.54) is 0 Å². The van der Waals surface area contributed by atoms with Crippen LogP contribution in [-0.4, -0.2) is 34.6 Å². The van der Waals surface area contributed by atoms with E-state index in [0.717, 1.165) is 33.0 Å². The number of aromatic nitrogens is 1. The summed E-state index contributed by atoms with van der Waals surface area (Å²) in [6, 6.07) is 21.2. The monoisotopic (exact) mass is 510 g/mol. The van der Waals surface area contributed by atoms with Gasteiger partial charge >= 0.3 is 11.6 Å². The lowest BCUT2D eigenvalue weighted by Gasteiger charge is -2.15. The highest BCUT2D eigenvalue weighted by atomic mass is 16.5. The first-order valence-electron chi connectivity index (χ1n) is 12.2. The van der Waals surface area contributed by atoms with E-state index >= 15 is 0 Å². The van der Waals surface area contributed by atoms with Gasteiger partial charge in [0, 0.05) is 47.0 Å². The first-order valence-corrected chi connectivity index (χ1v) is 12.2. The van der Waals surface area contributed by atoms with Crippen molar-refractivity contribution < 1.29 is 23.8 Å². The fourth-order valence-corrected chi connectivity index (χ4v) is 4.57. The van der Waals surface area contributed by atoms with Crippen molar-refractivity contribution in [3.8, 4) is 5.75 Å². The topological polar surface area (TPSA) is 122 Å². The molecule has 2 heterocycles. The number of nitrogens with one attached hydrogen (secondary N) is 2. The summed E-state index contributed by atoms with van der Waals surface area (Å²) in [6.45, 7) is 1.49. The number of amides is 1. The van der Waals surface area contributed by atoms with E-state index in [4.69, 9.17) is 9.15 Å². The molecule has 5 aromatic rings. The molecular weight excluding hydrogens is 484 g/mol. The Labute approximate surface area is 217 Å². The quantitative estimate of drug-likeness (QED) is 0.253. The van der Waals surface area contributed by atoms with Gasteiger partial charge in [-0.3, -0.25) is 4.79 Å². The van der Waals surface area contributed by atoms with Crippen LogP contribution in [0.2, 0.25) is 0 Å². The third-order valence-electron chi connectivity index (χ3n) is 6.58. The van der Waals surface area contributed by atoms with Gasteiger partial charge < -0.3 is 24.6 Å². The summed E-state index contributed by atoms with van der Waals surface area (Å²) in [5, 5.41) is 13.9. The minimum absolute atomic E-state index is 0.122. The van der Waals surface area contributed by atoms with Crippen LogP contribution >= 0.6 is 0 Å². The molecule has 8 heteroatoms. The minimum Gasteiger partial charge on any atom is -0.484 e. The molecule has 5 rings (SSSR count). The van der Waals surface area contributed by atoms with E-state index in [-0.39, 0.29) is 6.42 Å². The van der Waals surface area contributed by atoms with Crippen LogP contribution in [0.1, 0.15) is 22.3 Å². The summed E-state index contributed by atoms with van der Waals surface area (Å²) in [7, 11) is 0. The molecule has 0 radical (unpaired) electrons. The van der Waals surface area contributed by atoms with E-state index < -0.39 is 30.2 Å². The number of hydrogen-bond acceptors (Lipinski definition) is 5. The fourth-order valence-electron chi connectivity index (χ4n) is 4.57. The molecule has 3 aromatic carbocycles. The summed E-state index contributed by atoms with van der Waals surface area (Å²) < 4.78 is 11.2. The standard InChI is InChI=1S/C30H26N2O6/c1-18-22-12-11-21(15-27(22)38-30(36)24(18)13-19-7-3-2-4-8-19)37-17-28(33)32-26(29(34)35)14-20-16-31-25-10-6-5-9-23(20)25/h2-12,15-16,26,31H,13-14,17H2,1H3,(H,32,33)(H,34,35)/t26-/m0/s1. The smallest absolute Gasteiger partial charge is 0.340 e. The van der Waals surface area contributed by atoms with E-state index in [2.05, 4.69) is 10.3 Å². The zero-order valence-electron chi connectivity index (χ0n) is 20.7. The lowest BCUT2D eigenvalue weighted by Crippen LogP contribution is -2.44. The lowest BCUT2D eigenvalue weighted by atomic mass is 10.00. The number of fused-ring (bicyclic) bond motifs is 2. The second-order valence-corrected chi connectivity index (χ2v) is 9.12. The molecule has 0 bridgehead atoms. The fraction of sp³-hybridized carbons (Fsp3) is 0.167. The molecule has 0 saturated carbocycles. The Morgan fingerprint density at radius 1 is 1.03 bits per heavy atom. The Morgan fingerprint density at radius 2 is 1.79 bits per heavy atom. The Kier molecular flexibility index (Phi) is 6.95. The summed E-state index contributed by atoms with van der Waals surface area (Å²) >= 11 is 0. The van der Waals surface area contributed by atoms with Crippen molar-refractivity contribution in [1.82, 2.24) is 10.3 Å². The lowest BCUT2D eigenvalue weighted by molar-refractivity contribution is -0.142. The highest BCUT2D eigenvalue weighted by Gasteiger charge is 2.22. The molecule has 0 saturated heterocycles. The Balaban J connectivity index is 1.26. The van der Waals surface area contributed by atoms with E-state index in [0.29, 0.717) is 23.3 Å². The van der Waals surface area contributed by atoms with Gasteiger partial charge in [-0.25, -0.2) is 9.59 Å². The average Bonchev–Trinajstić information content (AvgIpc) is 3.32. The minimum atomic E-state index is -1.14. The molecule has 3 N–H and O–H groups in total. The number of carbonyl (C=O) groups is 2. The Bertz CT molecular complexity index is 1690. The van der Waals surface area contributed by atoms with Gasteiger partial charge in [-0.1, -0.05) is 48.5 Å². The number of aromatic amines is 1. The number of rotatable bonds is 9. The molecular formula is C30H26N2O6. The van der Waals surface area contributed by atoms with Gasteiger partial charge in [-0.2, -0.15) is 0 Å². The third-order valence-corrected chi connectivity index (χ3v) is 6.58. The number of aryl methyl sites for hydroxylation is 1. The summed E-state index contributed by atoms with van der Waals surface area (Å²) in [5.41, 5.74) is 4.04. The van der Waals surface area contributed by atoms with Crippen LogP contribution in [0.15, 0.2) is 88.2 Å². The van der Waals surface area contributed by atoms with Crippen LogP contribution in [-0.2, 0) is 22.4 Å². The largest absolute Gasteiger partial charge is 0.484 e. The third kappa shape index (κ3) is 5.29. The van der Waals surface area contributed by atoms with E-state index in [9.17, 15) is 19.5 Å². The molecule has 8 nitrogen and oxygen atoms in total. The number of carboxylic acid groups (broad SMARTS) is 1. The van der Waals surface area contributed by atoms with Crippen LogP contribution < -0.4 is 15.7 Å². The zero-order valence-corrected chi connectivity index (χ0v) is 20.7. The average molecular weight is 511 g/mol. The molecule has 0 fully saturated rings. The Morgan fingerprint density at radius 3 is 2.58 bits per heavy atom. The van der Waals surface area contributed by atoms with Crippen LogP contribution in [0.3, 0.4) is 0 Å². The maximum Gasteiger partial charge on any atom is 0.340 e. The van der Waals surface area contributed by atoms with Gasteiger partial charge in [0.15, 0.2) is 6.61 Å². The molecule has 0 spiro atoms. The van der Waals surface area contributed by atoms with Crippen molar-refractivity contribution in [3.63, 3.8) is 0 Å². The second kappa shape index (κ2) is 10.6. The number of para-hydroxylation sites is 1. The second-order valence-electron chi connectivity index (χ2n) is 9.12. The van der Waals surface area contributed by atoms with Gasteiger partial charge in [0.2, 0.25) is 0 Å². The number of carboxylic acids is 1. The molecule has 0 aliphatic rings. The highest BCUT2D eigenvalue weighted by Crippen LogP contribution is 2.25. The molecule has 192 valence electrons. The van der Waals surface area contributed by atoms with Gasteiger partial charge in [-0.05, 0) is 41.8 Å².